The van der Waals surface area contributed by atoms with Crippen molar-refractivity contribution >= 4 is 34.7 Å². The molecular weight excluding hydrogens is 506 g/mol. The lowest BCUT2D eigenvalue weighted by Crippen LogP contribution is -2.38. The maximum Gasteiger partial charge on any atom is 0.323 e. The zero-order chi connectivity index (χ0) is 25.5. The van der Waals surface area contributed by atoms with Gasteiger partial charge in [-0.25, -0.2) is 4.79 Å². The Bertz CT molecular complexity index is 1480. The van der Waals surface area contributed by atoms with Gasteiger partial charge in [-0.1, -0.05) is 23.7 Å². The molecule has 1 N–H and O–H groups in total. The van der Waals surface area contributed by atoms with Crippen LogP contribution >= 0.6 is 22.9 Å². The summed E-state index contributed by atoms with van der Waals surface area (Å²) in [6.07, 6.45) is 6.68. The van der Waals surface area contributed by atoms with Crippen LogP contribution in [0.4, 0.5) is 10.5 Å². The third-order valence-corrected chi connectivity index (χ3v) is 8.82. The van der Waals surface area contributed by atoms with Crippen LogP contribution in [0, 0.1) is 0 Å². The van der Waals surface area contributed by atoms with Crippen molar-refractivity contribution in [3.05, 3.63) is 93.1 Å². The van der Waals surface area contributed by atoms with Gasteiger partial charge in [-0.3, -0.25) is 0 Å². The van der Waals surface area contributed by atoms with Crippen LogP contribution in [0.5, 0.6) is 11.5 Å². The van der Waals surface area contributed by atoms with E-state index in [1.165, 1.54) is 33.8 Å². The van der Waals surface area contributed by atoms with Gasteiger partial charge in [-0.05, 0) is 79.3 Å². The van der Waals surface area contributed by atoms with Gasteiger partial charge in [0.1, 0.15) is 16.5 Å². The predicted octanol–water partition coefficient (Wildman–Crippen LogP) is 7.23. The Hall–Kier alpha value is -3.42. The molecule has 1 aliphatic carbocycles. The molecule has 4 aromatic rings. The fourth-order valence-electron chi connectivity index (χ4n) is 5.51. The SMILES string of the molecule is COc1cccc([C@@H]2c3cccn3-c3sc4c(c3CN2C(=O)Nc2cc(Cl)ccc2OC)CCCC4)c1. The van der Waals surface area contributed by atoms with Gasteiger partial charge in [0.15, 0.2) is 0 Å². The lowest BCUT2D eigenvalue weighted by atomic mass is 9.95. The molecule has 0 bridgehead atoms. The predicted molar refractivity (Wildman–Crippen MR) is 148 cm³/mol. The van der Waals surface area contributed by atoms with Crippen molar-refractivity contribution in [1.29, 1.82) is 0 Å². The topological polar surface area (TPSA) is 55.7 Å². The van der Waals surface area contributed by atoms with E-state index in [9.17, 15) is 4.79 Å². The molecular formula is C29H28ClN3O3S. The summed E-state index contributed by atoms with van der Waals surface area (Å²) in [7, 11) is 3.25. The van der Waals surface area contributed by atoms with E-state index < -0.39 is 0 Å². The fraction of sp³-hybridized carbons (Fsp3) is 0.276. The highest BCUT2D eigenvalue weighted by Gasteiger charge is 2.36. The molecule has 6 rings (SSSR count). The normalized spacial score (nSPS) is 16.3. The van der Waals surface area contributed by atoms with Crippen molar-refractivity contribution in [2.45, 2.75) is 38.3 Å². The number of methoxy groups -OCH3 is 2. The number of hydrogen-bond acceptors (Lipinski definition) is 4. The monoisotopic (exact) mass is 533 g/mol. The molecule has 8 heteroatoms. The van der Waals surface area contributed by atoms with Gasteiger partial charge >= 0.3 is 6.03 Å². The molecule has 2 aromatic carbocycles. The Morgan fingerprint density at radius 3 is 2.73 bits per heavy atom. The summed E-state index contributed by atoms with van der Waals surface area (Å²) < 4.78 is 13.3. The van der Waals surface area contributed by atoms with Crippen molar-refractivity contribution < 1.29 is 14.3 Å². The second-order valence-electron chi connectivity index (χ2n) is 9.38. The molecule has 0 saturated carbocycles. The Morgan fingerprint density at radius 1 is 1.03 bits per heavy atom. The second kappa shape index (κ2) is 9.80. The molecule has 190 valence electrons. The number of nitrogens with zero attached hydrogens (tertiary/aromatic N) is 2. The smallest absolute Gasteiger partial charge is 0.323 e. The summed E-state index contributed by atoms with van der Waals surface area (Å²) in [5.41, 5.74) is 5.22. The number of aryl methyl sites for hydroxylation is 1. The van der Waals surface area contributed by atoms with Crippen LogP contribution in [0.3, 0.4) is 0 Å². The third kappa shape index (κ3) is 4.26. The number of nitrogens with one attached hydrogen (secondary N) is 1. The van der Waals surface area contributed by atoms with Gasteiger partial charge in [-0.2, -0.15) is 0 Å². The van der Waals surface area contributed by atoms with Crippen molar-refractivity contribution in [2.75, 3.05) is 19.5 Å². The number of ether oxygens (including phenoxy) is 2. The summed E-state index contributed by atoms with van der Waals surface area (Å²) in [6, 6.07) is 16.8. The Balaban J connectivity index is 1.50. The van der Waals surface area contributed by atoms with Crippen LogP contribution in [0.1, 0.15) is 46.1 Å². The molecule has 2 aliphatic rings. The highest BCUT2D eigenvalue weighted by molar-refractivity contribution is 7.15. The standard InChI is InChI=1S/C29H28ClN3O3S/c1-35-20-8-5-7-18(15-20)27-24-10-6-14-32(24)28-22(21-9-3-4-11-26(21)37-28)17-33(27)29(34)31-23-16-19(30)12-13-25(23)36-2/h5-8,10,12-16,27H,3-4,9,11,17H2,1-2H3,(H,31,34)/t27-/m1/s1. The van der Waals surface area contributed by atoms with E-state index >= 15 is 0 Å². The number of hydrogen-bond donors (Lipinski definition) is 1. The summed E-state index contributed by atoms with van der Waals surface area (Å²) >= 11 is 8.15. The largest absolute Gasteiger partial charge is 0.497 e. The van der Waals surface area contributed by atoms with Crippen LogP contribution in [0.2, 0.25) is 5.02 Å². The van der Waals surface area contributed by atoms with E-state index in [1.807, 2.05) is 34.4 Å². The number of anilines is 1. The molecule has 0 spiro atoms. The highest BCUT2D eigenvalue weighted by atomic mass is 35.5. The van der Waals surface area contributed by atoms with Crippen molar-refractivity contribution in [1.82, 2.24) is 9.47 Å². The van der Waals surface area contributed by atoms with Crippen LogP contribution in [-0.2, 0) is 19.4 Å². The second-order valence-corrected chi connectivity index (χ2v) is 10.9. The number of carbonyl (C=O) groups excluding carboxylic acids is 1. The van der Waals surface area contributed by atoms with Gasteiger partial charge in [0.25, 0.3) is 0 Å². The molecule has 2 amide bonds. The van der Waals surface area contributed by atoms with Gasteiger partial charge in [0.2, 0.25) is 0 Å². The average Bonchev–Trinajstić information content (AvgIpc) is 3.50. The van der Waals surface area contributed by atoms with Gasteiger partial charge in [0.05, 0.1) is 38.2 Å². The Kier molecular flexibility index (Phi) is 6.34. The number of rotatable bonds is 4. The zero-order valence-electron chi connectivity index (χ0n) is 20.8. The summed E-state index contributed by atoms with van der Waals surface area (Å²) in [4.78, 5) is 17.5. The number of thiophene rings is 1. The minimum absolute atomic E-state index is 0.218. The number of carbonyl (C=O) groups is 1. The van der Waals surface area contributed by atoms with Crippen LogP contribution in [0.15, 0.2) is 60.8 Å². The molecule has 6 nitrogen and oxygen atoms in total. The minimum Gasteiger partial charge on any atom is -0.497 e. The molecule has 1 aliphatic heterocycles. The quantitative estimate of drug-likeness (QED) is 0.301. The first-order chi connectivity index (χ1) is 18.1. The van der Waals surface area contributed by atoms with Gasteiger partial charge < -0.3 is 24.3 Å². The highest BCUT2D eigenvalue weighted by Crippen LogP contribution is 2.44. The molecule has 0 radical (unpaired) electrons. The number of amides is 2. The number of urea groups is 1. The van der Waals surface area contributed by atoms with Crippen LogP contribution < -0.4 is 14.8 Å². The Labute approximate surface area is 225 Å². The lowest BCUT2D eigenvalue weighted by molar-refractivity contribution is 0.194. The number of halogens is 1. The summed E-state index contributed by atoms with van der Waals surface area (Å²) in [5, 5.41) is 4.84. The van der Waals surface area contributed by atoms with E-state index in [0.717, 1.165) is 29.8 Å². The molecule has 1 atom stereocenters. The van der Waals surface area contributed by atoms with Gasteiger partial charge in [0, 0.05) is 21.7 Å². The van der Waals surface area contributed by atoms with Gasteiger partial charge in [-0.15, -0.1) is 11.3 Å². The first-order valence-electron chi connectivity index (χ1n) is 12.4. The third-order valence-electron chi connectivity index (χ3n) is 7.25. The molecule has 0 saturated heterocycles. The maximum absolute atomic E-state index is 14.1. The fourth-order valence-corrected chi connectivity index (χ4v) is 7.09. The van der Waals surface area contributed by atoms with Crippen LogP contribution in [0.25, 0.3) is 5.00 Å². The van der Waals surface area contributed by atoms with Crippen molar-refractivity contribution in [3.8, 4) is 16.5 Å². The Morgan fingerprint density at radius 2 is 1.89 bits per heavy atom. The maximum atomic E-state index is 14.1. The zero-order valence-corrected chi connectivity index (χ0v) is 22.4. The lowest BCUT2D eigenvalue weighted by Gasteiger charge is -2.31. The van der Waals surface area contributed by atoms with Crippen molar-refractivity contribution in [3.63, 3.8) is 0 Å². The first kappa shape index (κ1) is 23.9. The molecule has 0 fully saturated rings. The average molecular weight is 534 g/mol. The number of benzene rings is 2. The first-order valence-corrected chi connectivity index (χ1v) is 13.6. The van der Waals surface area contributed by atoms with E-state index in [0.29, 0.717) is 23.0 Å². The molecule has 0 unspecified atom stereocenters. The molecule has 37 heavy (non-hydrogen) atoms. The van der Waals surface area contributed by atoms with E-state index in [4.69, 9.17) is 21.1 Å². The van der Waals surface area contributed by atoms with E-state index in [2.05, 4.69) is 34.3 Å². The molecule has 3 heterocycles. The number of fused-ring (bicyclic) bond motifs is 5. The molecule has 2 aromatic heterocycles. The summed E-state index contributed by atoms with van der Waals surface area (Å²) in [6.45, 7) is 0.499. The minimum atomic E-state index is -0.325. The van der Waals surface area contributed by atoms with Crippen LogP contribution in [-0.4, -0.2) is 29.7 Å². The van der Waals surface area contributed by atoms with E-state index in [-0.39, 0.29) is 12.1 Å². The summed E-state index contributed by atoms with van der Waals surface area (Å²) in [5.74, 6) is 1.31. The number of aromatic nitrogens is 1. The van der Waals surface area contributed by atoms with Crippen molar-refractivity contribution in [2.24, 2.45) is 0 Å². The van der Waals surface area contributed by atoms with E-state index in [1.54, 1.807) is 32.4 Å².